The van der Waals surface area contributed by atoms with E-state index >= 15 is 0 Å². The van der Waals surface area contributed by atoms with Gasteiger partial charge < -0.3 is 5.73 Å². The first-order valence-electron chi connectivity index (χ1n) is 6.26. The first-order valence-corrected chi connectivity index (χ1v) is 6.26. The summed E-state index contributed by atoms with van der Waals surface area (Å²) < 4.78 is 37.9. The molecule has 1 aromatic carbocycles. The van der Waals surface area contributed by atoms with Crippen LogP contribution in [0.2, 0.25) is 0 Å². The van der Waals surface area contributed by atoms with Crippen LogP contribution < -0.4 is 5.73 Å². The highest BCUT2D eigenvalue weighted by Gasteiger charge is 2.64. The van der Waals surface area contributed by atoms with Crippen LogP contribution >= 0.6 is 0 Å². The standard InChI is InChI=1S/C14H16F3N/c1-9-8-10(14(15,16)17)2-3-11(9)12(4-5-12)13(18)6-7-13/h2-3,8H,4-7,18H2,1H3. The van der Waals surface area contributed by atoms with Gasteiger partial charge in [0.2, 0.25) is 0 Å². The number of aryl methyl sites for hydroxylation is 1. The van der Waals surface area contributed by atoms with Crippen LogP contribution in [0, 0.1) is 6.92 Å². The molecule has 0 radical (unpaired) electrons. The zero-order valence-corrected chi connectivity index (χ0v) is 10.3. The van der Waals surface area contributed by atoms with Crippen molar-refractivity contribution in [3.05, 3.63) is 34.9 Å². The van der Waals surface area contributed by atoms with E-state index in [0.717, 1.165) is 36.8 Å². The first kappa shape index (κ1) is 12.0. The fraction of sp³-hybridized carbons (Fsp3) is 0.571. The molecule has 0 heterocycles. The molecular formula is C14H16F3N. The second-order valence-electron chi connectivity index (χ2n) is 5.77. The Kier molecular flexibility index (Phi) is 2.20. The maximum absolute atomic E-state index is 12.6. The molecule has 0 aliphatic heterocycles. The Morgan fingerprint density at radius 1 is 1.11 bits per heavy atom. The van der Waals surface area contributed by atoms with Crippen LogP contribution in [0.1, 0.15) is 42.4 Å². The SMILES string of the molecule is Cc1cc(C(F)(F)F)ccc1C1(C2(N)CC2)CC1. The molecule has 4 heteroatoms. The average Bonchev–Trinajstić information content (AvgIpc) is 3.12. The third kappa shape index (κ3) is 1.58. The van der Waals surface area contributed by atoms with Gasteiger partial charge >= 0.3 is 6.18 Å². The molecule has 18 heavy (non-hydrogen) atoms. The Morgan fingerprint density at radius 2 is 1.72 bits per heavy atom. The Bertz CT molecular complexity index is 496. The summed E-state index contributed by atoms with van der Waals surface area (Å²) in [5.74, 6) is 0. The quantitative estimate of drug-likeness (QED) is 0.859. The molecule has 2 saturated carbocycles. The molecule has 1 nitrogen and oxygen atoms in total. The lowest BCUT2D eigenvalue weighted by Gasteiger charge is -2.25. The van der Waals surface area contributed by atoms with Crippen LogP contribution in [0.25, 0.3) is 0 Å². The maximum atomic E-state index is 12.6. The van der Waals surface area contributed by atoms with Crippen LogP contribution in [-0.2, 0) is 11.6 Å². The van der Waals surface area contributed by atoms with E-state index in [1.165, 1.54) is 12.1 Å². The van der Waals surface area contributed by atoms with Crippen LogP contribution in [0.4, 0.5) is 13.2 Å². The van der Waals surface area contributed by atoms with Crippen molar-refractivity contribution in [2.24, 2.45) is 5.73 Å². The van der Waals surface area contributed by atoms with Crippen molar-refractivity contribution in [1.29, 1.82) is 0 Å². The highest BCUT2D eigenvalue weighted by molar-refractivity contribution is 5.46. The van der Waals surface area contributed by atoms with E-state index in [1.807, 2.05) is 0 Å². The van der Waals surface area contributed by atoms with E-state index in [-0.39, 0.29) is 11.0 Å². The number of benzene rings is 1. The van der Waals surface area contributed by atoms with Crippen LogP contribution in [0.15, 0.2) is 18.2 Å². The Balaban J connectivity index is 2.00. The third-order valence-corrected chi connectivity index (χ3v) is 4.56. The van der Waals surface area contributed by atoms with Gasteiger partial charge in [-0.3, -0.25) is 0 Å². The molecule has 0 saturated heterocycles. The zero-order chi connectivity index (χ0) is 13.2. The van der Waals surface area contributed by atoms with E-state index in [0.29, 0.717) is 0 Å². The van der Waals surface area contributed by atoms with E-state index < -0.39 is 11.7 Å². The normalized spacial score (nSPS) is 23.8. The van der Waals surface area contributed by atoms with Gasteiger partial charge in [0, 0.05) is 11.0 Å². The number of rotatable bonds is 2. The molecule has 0 atom stereocenters. The monoisotopic (exact) mass is 255 g/mol. The van der Waals surface area contributed by atoms with Gasteiger partial charge in [0.05, 0.1) is 5.56 Å². The van der Waals surface area contributed by atoms with Crippen molar-refractivity contribution in [1.82, 2.24) is 0 Å². The smallest absolute Gasteiger partial charge is 0.324 e. The predicted octanol–water partition coefficient (Wildman–Crippen LogP) is 3.54. The van der Waals surface area contributed by atoms with Crippen molar-refractivity contribution >= 4 is 0 Å². The number of hydrogen-bond acceptors (Lipinski definition) is 1. The minimum Gasteiger partial charge on any atom is -0.324 e. The molecular weight excluding hydrogens is 239 g/mol. The van der Waals surface area contributed by atoms with Crippen LogP contribution in [0.5, 0.6) is 0 Å². The Hall–Kier alpha value is -1.03. The average molecular weight is 255 g/mol. The van der Waals surface area contributed by atoms with Gasteiger partial charge in [-0.1, -0.05) is 6.07 Å². The molecule has 2 N–H and O–H groups in total. The molecule has 2 aliphatic rings. The second kappa shape index (κ2) is 3.29. The molecule has 1 aromatic rings. The minimum atomic E-state index is -4.26. The summed E-state index contributed by atoms with van der Waals surface area (Å²) >= 11 is 0. The maximum Gasteiger partial charge on any atom is 0.416 e. The highest BCUT2D eigenvalue weighted by Crippen LogP contribution is 2.64. The van der Waals surface area contributed by atoms with Crippen molar-refractivity contribution in [2.45, 2.75) is 49.7 Å². The van der Waals surface area contributed by atoms with Crippen molar-refractivity contribution in [3.8, 4) is 0 Å². The van der Waals surface area contributed by atoms with Crippen molar-refractivity contribution in [3.63, 3.8) is 0 Å². The number of alkyl halides is 3. The summed E-state index contributed by atoms with van der Waals surface area (Å²) in [4.78, 5) is 0. The Morgan fingerprint density at radius 3 is 2.11 bits per heavy atom. The molecule has 0 spiro atoms. The first-order chi connectivity index (χ1) is 8.29. The fourth-order valence-electron chi connectivity index (χ4n) is 3.15. The van der Waals surface area contributed by atoms with Gasteiger partial charge in [0.25, 0.3) is 0 Å². The van der Waals surface area contributed by atoms with Gasteiger partial charge in [-0.2, -0.15) is 13.2 Å². The molecule has 0 amide bonds. The number of halogens is 3. The van der Waals surface area contributed by atoms with E-state index in [9.17, 15) is 13.2 Å². The molecule has 2 aliphatic carbocycles. The van der Waals surface area contributed by atoms with Gasteiger partial charge in [0.15, 0.2) is 0 Å². The summed E-state index contributed by atoms with van der Waals surface area (Å²) in [6.07, 6.45) is -0.258. The van der Waals surface area contributed by atoms with E-state index in [1.54, 1.807) is 13.0 Å². The summed E-state index contributed by atoms with van der Waals surface area (Å²) in [5, 5.41) is 0. The number of nitrogens with two attached hydrogens (primary N) is 1. The van der Waals surface area contributed by atoms with E-state index in [4.69, 9.17) is 5.73 Å². The van der Waals surface area contributed by atoms with Gasteiger partial charge in [-0.25, -0.2) is 0 Å². The number of hydrogen-bond donors (Lipinski definition) is 1. The van der Waals surface area contributed by atoms with Crippen molar-refractivity contribution in [2.75, 3.05) is 0 Å². The van der Waals surface area contributed by atoms with Gasteiger partial charge in [-0.05, 0) is 55.9 Å². The lowest BCUT2D eigenvalue weighted by molar-refractivity contribution is -0.137. The summed E-state index contributed by atoms with van der Waals surface area (Å²) in [7, 11) is 0. The third-order valence-electron chi connectivity index (χ3n) is 4.56. The van der Waals surface area contributed by atoms with Gasteiger partial charge in [0.1, 0.15) is 0 Å². The lowest BCUT2D eigenvalue weighted by Crippen LogP contribution is -2.37. The second-order valence-corrected chi connectivity index (χ2v) is 5.77. The fourth-order valence-corrected chi connectivity index (χ4v) is 3.15. The molecule has 2 fully saturated rings. The summed E-state index contributed by atoms with van der Waals surface area (Å²) in [6.45, 7) is 1.76. The lowest BCUT2D eigenvalue weighted by atomic mass is 9.83. The Labute approximate surface area is 104 Å². The molecule has 3 rings (SSSR count). The largest absolute Gasteiger partial charge is 0.416 e. The molecule has 98 valence electrons. The molecule has 0 bridgehead atoms. The topological polar surface area (TPSA) is 26.0 Å². The van der Waals surface area contributed by atoms with Crippen molar-refractivity contribution < 1.29 is 13.2 Å². The molecule has 0 unspecified atom stereocenters. The highest BCUT2D eigenvalue weighted by atomic mass is 19.4. The molecule has 0 aromatic heterocycles. The van der Waals surface area contributed by atoms with E-state index in [2.05, 4.69) is 0 Å². The van der Waals surface area contributed by atoms with Crippen LogP contribution in [-0.4, -0.2) is 5.54 Å². The zero-order valence-electron chi connectivity index (χ0n) is 10.3. The summed E-state index contributed by atoms with van der Waals surface area (Å²) in [5.41, 5.74) is 7.27. The van der Waals surface area contributed by atoms with Crippen LogP contribution in [0.3, 0.4) is 0 Å². The summed E-state index contributed by atoms with van der Waals surface area (Å²) in [6, 6.07) is 4.08. The predicted molar refractivity (Wildman–Crippen MR) is 63.2 cm³/mol. The van der Waals surface area contributed by atoms with Gasteiger partial charge in [-0.15, -0.1) is 0 Å². The minimum absolute atomic E-state index is 0.0405.